The zero-order chi connectivity index (χ0) is 14.2. The van der Waals surface area contributed by atoms with E-state index in [4.69, 9.17) is 9.72 Å². The first-order valence-corrected chi connectivity index (χ1v) is 8.39. The Morgan fingerprint density at radius 3 is 2.85 bits per heavy atom. The standard InChI is InChI=1S/C15H25N3OS/c1-11-12(2)20-14(17-11)15(16-7-9-19-3)6-8-18(10-15)13-4-5-13/h13,16H,4-10H2,1-3H3. The van der Waals surface area contributed by atoms with Crippen molar-refractivity contribution in [3.8, 4) is 0 Å². The minimum atomic E-state index is 0.0464. The Labute approximate surface area is 125 Å². The van der Waals surface area contributed by atoms with E-state index in [0.29, 0.717) is 0 Å². The smallest absolute Gasteiger partial charge is 0.115 e. The van der Waals surface area contributed by atoms with Gasteiger partial charge in [0.2, 0.25) is 0 Å². The Bertz CT molecular complexity index is 452. The van der Waals surface area contributed by atoms with E-state index in [-0.39, 0.29) is 5.54 Å². The van der Waals surface area contributed by atoms with Crippen molar-refractivity contribution < 1.29 is 4.74 Å². The highest BCUT2D eigenvalue weighted by atomic mass is 32.1. The maximum Gasteiger partial charge on any atom is 0.115 e. The number of nitrogens with one attached hydrogen (secondary N) is 1. The Kier molecular flexibility index (Phi) is 4.13. The fraction of sp³-hybridized carbons (Fsp3) is 0.800. The van der Waals surface area contributed by atoms with Gasteiger partial charge in [0.05, 0.1) is 17.8 Å². The maximum absolute atomic E-state index is 5.20. The van der Waals surface area contributed by atoms with Crippen LogP contribution in [0.2, 0.25) is 0 Å². The van der Waals surface area contributed by atoms with Crippen molar-refractivity contribution in [1.29, 1.82) is 0 Å². The van der Waals surface area contributed by atoms with Crippen LogP contribution < -0.4 is 5.32 Å². The van der Waals surface area contributed by atoms with Crippen LogP contribution in [0.5, 0.6) is 0 Å². The number of aromatic nitrogens is 1. The van der Waals surface area contributed by atoms with Crippen molar-refractivity contribution >= 4 is 11.3 Å². The van der Waals surface area contributed by atoms with E-state index in [1.165, 1.54) is 41.4 Å². The molecule has 2 aliphatic rings. The number of rotatable bonds is 6. The summed E-state index contributed by atoms with van der Waals surface area (Å²) in [7, 11) is 1.76. The van der Waals surface area contributed by atoms with Crippen molar-refractivity contribution in [2.75, 3.05) is 33.4 Å². The molecule has 0 aromatic carbocycles. The summed E-state index contributed by atoms with van der Waals surface area (Å²) in [4.78, 5) is 8.84. The molecule has 2 fully saturated rings. The van der Waals surface area contributed by atoms with Crippen LogP contribution in [0.15, 0.2) is 0 Å². The normalized spacial score (nSPS) is 27.4. The van der Waals surface area contributed by atoms with Gasteiger partial charge in [-0.1, -0.05) is 0 Å². The summed E-state index contributed by atoms with van der Waals surface area (Å²) in [6, 6.07) is 0.836. The SMILES string of the molecule is COCCNC1(c2nc(C)c(C)s2)CCN(C2CC2)C1. The molecule has 1 unspecified atom stereocenters. The minimum Gasteiger partial charge on any atom is -0.383 e. The number of nitrogens with zero attached hydrogens (tertiary/aromatic N) is 2. The first kappa shape index (κ1) is 14.4. The number of hydrogen-bond donors (Lipinski definition) is 1. The van der Waals surface area contributed by atoms with E-state index in [1.54, 1.807) is 7.11 Å². The Morgan fingerprint density at radius 2 is 2.25 bits per heavy atom. The molecule has 1 aliphatic heterocycles. The summed E-state index contributed by atoms with van der Waals surface area (Å²) in [5.74, 6) is 0. The molecule has 1 aromatic rings. The maximum atomic E-state index is 5.20. The zero-order valence-corrected chi connectivity index (χ0v) is 13.6. The number of likely N-dealkylation sites (tertiary alicyclic amines) is 1. The number of methoxy groups -OCH3 is 1. The van der Waals surface area contributed by atoms with Gasteiger partial charge < -0.3 is 10.1 Å². The Morgan fingerprint density at radius 1 is 1.45 bits per heavy atom. The van der Waals surface area contributed by atoms with E-state index in [1.807, 2.05) is 11.3 Å². The van der Waals surface area contributed by atoms with Crippen LogP contribution >= 0.6 is 11.3 Å². The molecule has 2 heterocycles. The van der Waals surface area contributed by atoms with E-state index in [2.05, 4.69) is 24.1 Å². The molecule has 5 heteroatoms. The molecule has 1 saturated carbocycles. The second-order valence-electron chi connectivity index (χ2n) is 6.11. The first-order valence-electron chi connectivity index (χ1n) is 7.57. The van der Waals surface area contributed by atoms with E-state index >= 15 is 0 Å². The lowest BCUT2D eigenvalue weighted by Crippen LogP contribution is -2.46. The summed E-state index contributed by atoms with van der Waals surface area (Å²) in [6.07, 6.45) is 3.92. The second-order valence-corrected chi connectivity index (χ2v) is 7.32. The Balaban J connectivity index is 1.79. The van der Waals surface area contributed by atoms with Crippen molar-refractivity contribution in [1.82, 2.24) is 15.2 Å². The monoisotopic (exact) mass is 295 g/mol. The van der Waals surface area contributed by atoms with Crippen molar-refractivity contribution in [3.63, 3.8) is 0 Å². The quantitative estimate of drug-likeness (QED) is 0.815. The van der Waals surface area contributed by atoms with Crippen molar-refractivity contribution in [3.05, 3.63) is 15.6 Å². The molecule has 1 atom stereocenters. The highest BCUT2D eigenvalue weighted by molar-refractivity contribution is 7.11. The van der Waals surface area contributed by atoms with Crippen LogP contribution in [-0.4, -0.2) is 49.3 Å². The fourth-order valence-electron chi connectivity index (χ4n) is 3.05. The summed E-state index contributed by atoms with van der Waals surface area (Å²) >= 11 is 1.86. The molecule has 112 valence electrons. The van der Waals surface area contributed by atoms with Gasteiger partial charge in [0.25, 0.3) is 0 Å². The number of thiazole rings is 1. The number of ether oxygens (including phenoxy) is 1. The summed E-state index contributed by atoms with van der Waals surface area (Å²) in [5.41, 5.74) is 1.23. The number of aryl methyl sites for hydroxylation is 2. The number of hydrogen-bond acceptors (Lipinski definition) is 5. The average molecular weight is 295 g/mol. The molecule has 20 heavy (non-hydrogen) atoms. The lowest BCUT2D eigenvalue weighted by atomic mass is 9.99. The van der Waals surface area contributed by atoms with Gasteiger partial charge in [0.1, 0.15) is 5.01 Å². The van der Waals surface area contributed by atoms with Crippen molar-refractivity contribution in [2.24, 2.45) is 0 Å². The molecule has 0 spiro atoms. The lowest BCUT2D eigenvalue weighted by Gasteiger charge is -2.29. The molecular formula is C15H25N3OS. The molecule has 1 N–H and O–H groups in total. The van der Waals surface area contributed by atoms with E-state index < -0.39 is 0 Å². The minimum absolute atomic E-state index is 0.0464. The van der Waals surface area contributed by atoms with Gasteiger partial charge in [-0.15, -0.1) is 11.3 Å². The average Bonchev–Trinajstić information content (AvgIpc) is 3.10. The third-order valence-electron chi connectivity index (χ3n) is 4.57. The van der Waals surface area contributed by atoms with Gasteiger partial charge in [0.15, 0.2) is 0 Å². The van der Waals surface area contributed by atoms with Crippen LogP contribution in [0.3, 0.4) is 0 Å². The van der Waals surface area contributed by atoms with Gasteiger partial charge in [0, 0.05) is 37.7 Å². The molecule has 1 aromatic heterocycles. The molecule has 3 rings (SSSR count). The first-order chi connectivity index (χ1) is 9.64. The van der Waals surface area contributed by atoms with Gasteiger partial charge in [-0.2, -0.15) is 0 Å². The highest BCUT2D eigenvalue weighted by Gasteiger charge is 2.45. The zero-order valence-electron chi connectivity index (χ0n) is 12.7. The van der Waals surface area contributed by atoms with Crippen molar-refractivity contribution in [2.45, 2.75) is 44.7 Å². The lowest BCUT2D eigenvalue weighted by molar-refractivity contribution is 0.181. The summed E-state index contributed by atoms with van der Waals surface area (Å²) < 4.78 is 5.20. The molecule has 1 saturated heterocycles. The third kappa shape index (κ3) is 2.77. The molecule has 0 bridgehead atoms. The predicted molar refractivity (Wildman–Crippen MR) is 82.4 cm³/mol. The molecular weight excluding hydrogens is 270 g/mol. The van der Waals surface area contributed by atoms with Crippen LogP contribution in [-0.2, 0) is 10.3 Å². The topological polar surface area (TPSA) is 37.4 Å². The molecule has 1 aliphatic carbocycles. The van der Waals surface area contributed by atoms with Crippen LogP contribution in [0.4, 0.5) is 0 Å². The van der Waals surface area contributed by atoms with Gasteiger partial charge >= 0.3 is 0 Å². The Hall–Kier alpha value is -0.490. The van der Waals surface area contributed by atoms with Crippen LogP contribution in [0, 0.1) is 13.8 Å². The predicted octanol–water partition coefficient (Wildman–Crippen LogP) is 2.06. The second kappa shape index (κ2) is 5.72. The molecule has 0 radical (unpaired) electrons. The van der Waals surface area contributed by atoms with Gasteiger partial charge in [-0.3, -0.25) is 4.90 Å². The molecule has 0 amide bonds. The van der Waals surface area contributed by atoms with Gasteiger partial charge in [-0.25, -0.2) is 4.98 Å². The van der Waals surface area contributed by atoms with Crippen LogP contribution in [0.1, 0.15) is 34.8 Å². The highest BCUT2D eigenvalue weighted by Crippen LogP contribution is 2.40. The summed E-state index contributed by atoms with van der Waals surface area (Å²) in [6.45, 7) is 8.25. The fourth-order valence-corrected chi connectivity index (χ4v) is 4.15. The van der Waals surface area contributed by atoms with E-state index in [0.717, 1.165) is 25.7 Å². The molecule has 4 nitrogen and oxygen atoms in total. The largest absolute Gasteiger partial charge is 0.383 e. The van der Waals surface area contributed by atoms with Crippen LogP contribution in [0.25, 0.3) is 0 Å². The summed E-state index contributed by atoms with van der Waals surface area (Å²) in [5, 5.41) is 5.02. The third-order valence-corrected chi connectivity index (χ3v) is 5.85. The van der Waals surface area contributed by atoms with E-state index in [9.17, 15) is 0 Å². The van der Waals surface area contributed by atoms with Gasteiger partial charge in [-0.05, 0) is 33.1 Å².